The van der Waals surface area contributed by atoms with Gasteiger partial charge in [-0.2, -0.15) is 0 Å². The molecule has 1 aromatic carbocycles. The highest BCUT2D eigenvalue weighted by Gasteiger charge is 2.17. The van der Waals surface area contributed by atoms with Crippen molar-refractivity contribution >= 4 is 44.9 Å². The van der Waals surface area contributed by atoms with Crippen molar-refractivity contribution in [1.82, 2.24) is 9.55 Å². The Balaban J connectivity index is 1.81. The molecule has 158 valence electrons. The third-order valence-electron chi connectivity index (χ3n) is 4.57. The van der Waals surface area contributed by atoms with Gasteiger partial charge in [-0.25, -0.2) is 4.98 Å². The number of rotatable bonds is 8. The summed E-state index contributed by atoms with van der Waals surface area (Å²) in [6.07, 6.45) is 1.65. The second-order valence-electron chi connectivity index (χ2n) is 6.47. The number of nitrogens with one attached hydrogen (secondary N) is 1. The number of thiophene rings is 1. The third kappa shape index (κ3) is 4.36. The maximum absolute atomic E-state index is 13.0. The Morgan fingerprint density at radius 1 is 1.30 bits per heavy atom. The Labute approximate surface area is 182 Å². The summed E-state index contributed by atoms with van der Waals surface area (Å²) in [5, 5.41) is 3.96. The molecule has 7 nitrogen and oxygen atoms in total. The van der Waals surface area contributed by atoms with Gasteiger partial charge in [-0.1, -0.05) is 17.8 Å². The first-order valence-corrected chi connectivity index (χ1v) is 11.0. The predicted molar refractivity (Wildman–Crippen MR) is 122 cm³/mol. The van der Waals surface area contributed by atoms with Crippen LogP contribution in [0.2, 0.25) is 0 Å². The van der Waals surface area contributed by atoms with E-state index in [4.69, 9.17) is 9.47 Å². The Morgan fingerprint density at radius 3 is 2.70 bits per heavy atom. The van der Waals surface area contributed by atoms with Gasteiger partial charge in [0.05, 0.1) is 25.4 Å². The predicted octanol–water partition coefficient (Wildman–Crippen LogP) is 4.01. The fourth-order valence-corrected chi connectivity index (χ4v) is 4.83. The normalized spacial score (nSPS) is 10.8. The molecule has 1 amide bonds. The first-order valence-electron chi connectivity index (χ1n) is 9.15. The van der Waals surface area contributed by atoms with Gasteiger partial charge in [0.1, 0.15) is 4.83 Å². The van der Waals surface area contributed by atoms with E-state index in [1.54, 1.807) is 36.0 Å². The second kappa shape index (κ2) is 9.36. The molecule has 1 N–H and O–H groups in total. The van der Waals surface area contributed by atoms with Crippen LogP contribution < -0.4 is 20.3 Å². The number of aromatic nitrogens is 2. The van der Waals surface area contributed by atoms with Crippen LogP contribution >= 0.6 is 23.1 Å². The van der Waals surface area contributed by atoms with Crippen LogP contribution in [0.5, 0.6) is 11.5 Å². The van der Waals surface area contributed by atoms with Crippen molar-refractivity contribution in [2.45, 2.75) is 25.5 Å². The Bertz CT molecular complexity index is 1170. The molecule has 2 heterocycles. The van der Waals surface area contributed by atoms with Gasteiger partial charge < -0.3 is 14.8 Å². The number of allylic oxidation sites excluding steroid dienone is 1. The molecule has 0 aliphatic rings. The van der Waals surface area contributed by atoms with Gasteiger partial charge in [0.15, 0.2) is 16.7 Å². The first kappa shape index (κ1) is 21.9. The zero-order valence-electron chi connectivity index (χ0n) is 17.3. The maximum atomic E-state index is 13.0. The van der Waals surface area contributed by atoms with Crippen molar-refractivity contribution in [2.75, 3.05) is 25.3 Å². The summed E-state index contributed by atoms with van der Waals surface area (Å²) in [5.41, 5.74) is 1.44. The van der Waals surface area contributed by atoms with Crippen LogP contribution in [0.25, 0.3) is 10.2 Å². The SMILES string of the molecule is C=CCn1c(SCC(=O)Nc2ccc(OC)c(OC)c2)nc2sc(C)c(C)c2c1=O. The average molecular weight is 446 g/mol. The van der Waals surface area contributed by atoms with Crippen LogP contribution in [0, 0.1) is 13.8 Å². The molecule has 0 radical (unpaired) electrons. The molecule has 3 rings (SSSR count). The second-order valence-corrected chi connectivity index (χ2v) is 8.61. The van der Waals surface area contributed by atoms with Crippen molar-refractivity contribution in [2.24, 2.45) is 0 Å². The van der Waals surface area contributed by atoms with Crippen LogP contribution in [0.1, 0.15) is 10.4 Å². The van der Waals surface area contributed by atoms with Gasteiger partial charge in [-0.05, 0) is 31.5 Å². The molecule has 3 aromatic rings. The molecule has 0 saturated heterocycles. The van der Waals surface area contributed by atoms with E-state index in [1.807, 2.05) is 13.8 Å². The standard InChI is InChI=1S/C21H23N3O4S2/c1-6-9-24-20(26)18-12(2)13(3)30-19(18)23-21(24)29-11-17(25)22-14-7-8-15(27-4)16(10-14)28-5/h6-8,10H,1,9,11H2,2-5H3,(H,22,25). The topological polar surface area (TPSA) is 82.5 Å². The number of carbonyl (C=O) groups is 1. The number of anilines is 1. The molecule has 0 fully saturated rings. The summed E-state index contributed by atoms with van der Waals surface area (Å²) in [4.78, 5) is 31.9. The zero-order chi connectivity index (χ0) is 21.8. The number of hydrogen-bond acceptors (Lipinski definition) is 7. The highest BCUT2D eigenvalue weighted by Crippen LogP contribution is 2.30. The van der Waals surface area contributed by atoms with Crippen molar-refractivity contribution in [3.05, 3.63) is 51.6 Å². The summed E-state index contributed by atoms with van der Waals surface area (Å²) >= 11 is 2.71. The molecule has 0 aliphatic heterocycles. The number of benzene rings is 1. The van der Waals surface area contributed by atoms with Crippen LogP contribution in [0.3, 0.4) is 0 Å². The number of hydrogen-bond donors (Lipinski definition) is 1. The summed E-state index contributed by atoms with van der Waals surface area (Å²) in [6, 6.07) is 5.15. The van der Waals surface area contributed by atoms with Crippen molar-refractivity contribution in [3.63, 3.8) is 0 Å². The summed E-state index contributed by atoms with van der Waals surface area (Å²) in [5.74, 6) is 0.994. The van der Waals surface area contributed by atoms with Crippen LogP contribution in [-0.4, -0.2) is 35.4 Å². The first-order chi connectivity index (χ1) is 14.4. The number of amides is 1. The summed E-state index contributed by atoms with van der Waals surface area (Å²) in [7, 11) is 3.09. The van der Waals surface area contributed by atoms with E-state index in [2.05, 4.69) is 16.9 Å². The fourth-order valence-electron chi connectivity index (χ4n) is 2.95. The Kier molecular flexibility index (Phi) is 6.84. The van der Waals surface area contributed by atoms with Crippen molar-refractivity contribution in [3.8, 4) is 11.5 Å². The van der Waals surface area contributed by atoms with E-state index >= 15 is 0 Å². The Morgan fingerprint density at radius 2 is 2.03 bits per heavy atom. The number of aryl methyl sites for hydroxylation is 2. The number of ether oxygens (including phenoxy) is 2. The average Bonchev–Trinajstić information content (AvgIpc) is 3.02. The zero-order valence-corrected chi connectivity index (χ0v) is 18.9. The minimum atomic E-state index is -0.217. The molecule has 0 unspecified atom stereocenters. The molecule has 2 aromatic heterocycles. The van der Waals surface area contributed by atoms with Gasteiger partial charge in [0.25, 0.3) is 5.56 Å². The molecular weight excluding hydrogens is 422 g/mol. The monoisotopic (exact) mass is 445 g/mol. The number of methoxy groups -OCH3 is 2. The number of nitrogens with zero attached hydrogens (tertiary/aromatic N) is 2. The largest absolute Gasteiger partial charge is 0.493 e. The molecular formula is C21H23N3O4S2. The van der Waals surface area contributed by atoms with Gasteiger partial charge in [-0.15, -0.1) is 17.9 Å². The lowest BCUT2D eigenvalue weighted by Crippen LogP contribution is -2.23. The van der Waals surface area contributed by atoms with E-state index in [0.717, 1.165) is 10.4 Å². The molecule has 30 heavy (non-hydrogen) atoms. The summed E-state index contributed by atoms with van der Waals surface area (Å²) < 4.78 is 12.0. The number of fused-ring (bicyclic) bond motifs is 1. The minimum Gasteiger partial charge on any atom is -0.493 e. The van der Waals surface area contributed by atoms with E-state index in [0.29, 0.717) is 39.1 Å². The minimum absolute atomic E-state index is 0.104. The van der Waals surface area contributed by atoms with Crippen molar-refractivity contribution < 1.29 is 14.3 Å². The molecule has 9 heteroatoms. The quantitative estimate of drug-likeness (QED) is 0.321. The number of carbonyl (C=O) groups excluding carboxylic acids is 1. The van der Waals surface area contributed by atoms with Crippen molar-refractivity contribution in [1.29, 1.82) is 0 Å². The lowest BCUT2D eigenvalue weighted by molar-refractivity contribution is -0.113. The van der Waals surface area contributed by atoms with Gasteiger partial charge in [-0.3, -0.25) is 14.2 Å². The van der Waals surface area contributed by atoms with E-state index in [1.165, 1.54) is 30.2 Å². The summed E-state index contributed by atoms with van der Waals surface area (Å²) in [6.45, 7) is 7.96. The molecule has 0 spiro atoms. The molecule has 0 aliphatic carbocycles. The van der Waals surface area contributed by atoms with Gasteiger partial charge in [0.2, 0.25) is 5.91 Å². The Hall–Kier alpha value is -2.78. The third-order valence-corrected chi connectivity index (χ3v) is 6.64. The van der Waals surface area contributed by atoms with E-state index in [-0.39, 0.29) is 17.2 Å². The fraction of sp³-hybridized carbons (Fsp3) is 0.286. The lowest BCUT2D eigenvalue weighted by Gasteiger charge is -2.12. The van der Waals surface area contributed by atoms with Gasteiger partial charge in [0, 0.05) is 23.2 Å². The lowest BCUT2D eigenvalue weighted by atomic mass is 10.2. The highest BCUT2D eigenvalue weighted by atomic mass is 32.2. The van der Waals surface area contributed by atoms with Crippen LogP contribution in [-0.2, 0) is 11.3 Å². The van der Waals surface area contributed by atoms with Gasteiger partial charge >= 0.3 is 0 Å². The highest BCUT2D eigenvalue weighted by molar-refractivity contribution is 7.99. The number of thioether (sulfide) groups is 1. The van der Waals surface area contributed by atoms with Crippen LogP contribution in [0.4, 0.5) is 5.69 Å². The maximum Gasteiger partial charge on any atom is 0.263 e. The molecule has 0 bridgehead atoms. The molecule has 0 saturated carbocycles. The van der Waals surface area contributed by atoms with Crippen LogP contribution in [0.15, 0.2) is 40.8 Å². The van der Waals surface area contributed by atoms with E-state index < -0.39 is 0 Å². The van der Waals surface area contributed by atoms with E-state index in [9.17, 15) is 9.59 Å². The molecule has 0 atom stereocenters. The smallest absolute Gasteiger partial charge is 0.263 e.